The van der Waals surface area contributed by atoms with Gasteiger partial charge in [0.05, 0.1) is 5.92 Å². The van der Waals surface area contributed by atoms with Crippen LogP contribution in [0.4, 0.5) is 0 Å². The molecule has 0 aromatic heterocycles. The summed E-state index contributed by atoms with van der Waals surface area (Å²) in [7, 11) is 0. The van der Waals surface area contributed by atoms with Crippen LogP contribution in [0.3, 0.4) is 0 Å². The van der Waals surface area contributed by atoms with Gasteiger partial charge in [0.15, 0.2) is 0 Å². The van der Waals surface area contributed by atoms with Gasteiger partial charge >= 0.3 is 0 Å². The van der Waals surface area contributed by atoms with Gasteiger partial charge in [-0.05, 0) is 30.9 Å². The maximum Gasteiger partial charge on any atom is 0.228 e. The van der Waals surface area contributed by atoms with Gasteiger partial charge in [0.25, 0.3) is 0 Å². The van der Waals surface area contributed by atoms with Crippen molar-refractivity contribution in [3.63, 3.8) is 0 Å². The van der Waals surface area contributed by atoms with Crippen molar-refractivity contribution < 1.29 is 4.79 Å². The van der Waals surface area contributed by atoms with Crippen molar-refractivity contribution in [3.8, 4) is 0 Å². The SMILES string of the molecule is CC(C)C(C(=O)N[C@H]1CCCNC1)c1ccccc1.Cl. The van der Waals surface area contributed by atoms with Crippen LogP contribution >= 0.6 is 12.4 Å². The Morgan fingerprint density at radius 3 is 2.55 bits per heavy atom. The van der Waals surface area contributed by atoms with E-state index in [4.69, 9.17) is 0 Å². The summed E-state index contributed by atoms with van der Waals surface area (Å²) in [5.74, 6) is 0.414. The smallest absolute Gasteiger partial charge is 0.228 e. The van der Waals surface area contributed by atoms with Gasteiger partial charge in [-0.1, -0.05) is 44.2 Å². The van der Waals surface area contributed by atoms with Gasteiger partial charge < -0.3 is 10.6 Å². The highest BCUT2D eigenvalue weighted by atomic mass is 35.5. The zero-order valence-electron chi connectivity index (χ0n) is 12.3. The molecule has 0 spiro atoms. The lowest BCUT2D eigenvalue weighted by Crippen LogP contribution is -2.47. The molecule has 2 atom stereocenters. The second-order valence-corrected chi connectivity index (χ2v) is 5.68. The predicted molar refractivity (Wildman–Crippen MR) is 85.3 cm³/mol. The Morgan fingerprint density at radius 1 is 1.30 bits per heavy atom. The van der Waals surface area contributed by atoms with E-state index in [2.05, 4.69) is 24.5 Å². The number of halogens is 1. The lowest BCUT2D eigenvalue weighted by atomic mass is 9.87. The summed E-state index contributed by atoms with van der Waals surface area (Å²) >= 11 is 0. The largest absolute Gasteiger partial charge is 0.352 e. The number of hydrogen-bond donors (Lipinski definition) is 2. The summed E-state index contributed by atoms with van der Waals surface area (Å²) in [5, 5.41) is 6.53. The molecule has 4 heteroatoms. The van der Waals surface area contributed by atoms with Gasteiger partial charge in [0.2, 0.25) is 5.91 Å². The van der Waals surface area contributed by atoms with E-state index in [-0.39, 0.29) is 30.3 Å². The highest BCUT2D eigenvalue weighted by Gasteiger charge is 2.26. The molecule has 3 nitrogen and oxygen atoms in total. The van der Waals surface area contributed by atoms with E-state index in [1.165, 1.54) is 0 Å². The van der Waals surface area contributed by atoms with E-state index in [0.717, 1.165) is 31.5 Å². The van der Waals surface area contributed by atoms with E-state index in [9.17, 15) is 4.79 Å². The van der Waals surface area contributed by atoms with E-state index < -0.39 is 0 Å². The third-order valence-corrected chi connectivity index (χ3v) is 3.75. The highest BCUT2D eigenvalue weighted by Crippen LogP contribution is 2.24. The maximum atomic E-state index is 12.5. The third-order valence-electron chi connectivity index (χ3n) is 3.75. The standard InChI is InChI=1S/C16H24N2O.ClH/c1-12(2)15(13-7-4-3-5-8-13)16(19)18-14-9-6-10-17-11-14;/h3-5,7-8,12,14-15,17H,6,9-11H2,1-2H3,(H,18,19);1H/t14-,15?;/m0./s1. The van der Waals surface area contributed by atoms with Gasteiger partial charge in [-0.3, -0.25) is 4.79 Å². The van der Waals surface area contributed by atoms with E-state index in [0.29, 0.717) is 5.92 Å². The molecule has 1 aliphatic rings. The fourth-order valence-corrected chi connectivity index (χ4v) is 2.77. The van der Waals surface area contributed by atoms with E-state index in [1.54, 1.807) is 0 Å². The Balaban J connectivity index is 0.00000200. The molecular formula is C16H25ClN2O. The Bertz CT molecular complexity index is 402. The van der Waals surface area contributed by atoms with Crippen molar-refractivity contribution in [1.29, 1.82) is 0 Å². The van der Waals surface area contributed by atoms with Gasteiger partial charge in [-0.25, -0.2) is 0 Å². The molecule has 1 fully saturated rings. The minimum atomic E-state index is -0.0527. The van der Waals surface area contributed by atoms with Crippen LogP contribution in [-0.4, -0.2) is 25.0 Å². The summed E-state index contributed by atoms with van der Waals surface area (Å²) in [6.07, 6.45) is 2.22. The van der Waals surface area contributed by atoms with Crippen LogP contribution in [0.5, 0.6) is 0 Å². The second-order valence-electron chi connectivity index (χ2n) is 5.68. The first-order valence-electron chi connectivity index (χ1n) is 7.24. The minimum Gasteiger partial charge on any atom is -0.352 e. The molecule has 112 valence electrons. The molecular weight excluding hydrogens is 272 g/mol. The Kier molecular flexibility index (Phi) is 7.03. The van der Waals surface area contributed by atoms with Crippen LogP contribution in [0.2, 0.25) is 0 Å². The Morgan fingerprint density at radius 2 is 2.00 bits per heavy atom. The Hall–Kier alpha value is -1.06. The number of carbonyl (C=O) groups is 1. The third kappa shape index (κ3) is 4.50. The number of rotatable bonds is 4. The van der Waals surface area contributed by atoms with Gasteiger partial charge in [0.1, 0.15) is 0 Å². The van der Waals surface area contributed by atoms with E-state index in [1.807, 2.05) is 30.3 Å². The van der Waals surface area contributed by atoms with Crippen LogP contribution in [0, 0.1) is 5.92 Å². The Labute approximate surface area is 127 Å². The number of hydrogen-bond acceptors (Lipinski definition) is 2. The second kappa shape index (κ2) is 8.28. The first kappa shape index (κ1) is 17.0. The van der Waals surface area contributed by atoms with Crippen LogP contribution < -0.4 is 10.6 Å². The van der Waals surface area contributed by atoms with Crippen molar-refractivity contribution >= 4 is 18.3 Å². The lowest BCUT2D eigenvalue weighted by molar-refractivity contribution is -0.124. The molecule has 1 aromatic carbocycles. The van der Waals surface area contributed by atoms with Crippen molar-refractivity contribution in [2.75, 3.05) is 13.1 Å². The van der Waals surface area contributed by atoms with Gasteiger partial charge in [-0.15, -0.1) is 12.4 Å². The molecule has 0 saturated carbocycles. The van der Waals surface area contributed by atoms with Crippen molar-refractivity contribution in [2.24, 2.45) is 5.92 Å². The van der Waals surface area contributed by atoms with Gasteiger partial charge in [-0.2, -0.15) is 0 Å². The molecule has 1 amide bonds. The zero-order valence-corrected chi connectivity index (χ0v) is 13.1. The summed E-state index contributed by atoms with van der Waals surface area (Å²) in [6, 6.07) is 10.4. The molecule has 0 bridgehead atoms. The maximum absolute atomic E-state index is 12.5. The summed E-state index contributed by atoms with van der Waals surface area (Å²) in [6.45, 7) is 6.18. The van der Waals surface area contributed by atoms with Crippen molar-refractivity contribution in [1.82, 2.24) is 10.6 Å². The lowest BCUT2D eigenvalue weighted by Gasteiger charge is -2.27. The minimum absolute atomic E-state index is 0. The molecule has 2 N–H and O–H groups in total. The first-order chi connectivity index (χ1) is 9.18. The van der Waals surface area contributed by atoms with Crippen LogP contribution in [0.25, 0.3) is 0 Å². The summed E-state index contributed by atoms with van der Waals surface area (Å²) in [5.41, 5.74) is 1.11. The molecule has 20 heavy (non-hydrogen) atoms. The number of benzene rings is 1. The van der Waals surface area contributed by atoms with Crippen molar-refractivity contribution in [3.05, 3.63) is 35.9 Å². The summed E-state index contributed by atoms with van der Waals surface area (Å²) < 4.78 is 0. The molecule has 2 rings (SSSR count). The molecule has 1 unspecified atom stereocenters. The van der Waals surface area contributed by atoms with Crippen LogP contribution in [-0.2, 0) is 4.79 Å². The molecule has 0 radical (unpaired) electrons. The molecule has 0 aliphatic carbocycles. The molecule has 1 heterocycles. The quantitative estimate of drug-likeness (QED) is 0.897. The number of amides is 1. The number of piperidine rings is 1. The number of nitrogens with one attached hydrogen (secondary N) is 2. The fraction of sp³-hybridized carbons (Fsp3) is 0.562. The number of carbonyl (C=O) groups excluding carboxylic acids is 1. The van der Waals surface area contributed by atoms with Crippen LogP contribution in [0.15, 0.2) is 30.3 Å². The topological polar surface area (TPSA) is 41.1 Å². The molecule has 1 aromatic rings. The normalized spacial score (nSPS) is 20.1. The van der Waals surface area contributed by atoms with Crippen LogP contribution in [0.1, 0.15) is 38.2 Å². The first-order valence-corrected chi connectivity index (χ1v) is 7.24. The average molecular weight is 297 g/mol. The van der Waals surface area contributed by atoms with E-state index >= 15 is 0 Å². The summed E-state index contributed by atoms with van der Waals surface area (Å²) in [4.78, 5) is 12.5. The van der Waals surface area contributed by atoms with Gasteiger partial charge in [0, 0.05) is 12.6 Å². The fourth-order valence-electron chi connectivity index (χ4n) is 2.77. The molecule has 1 aliphatic heterocycles. The average Bonchev–Trinajstić information content (AvgIpc) is 2.40. The van der Waals surface area contributed by atoms with Crippen molar-refractivity contribution in [2.45, 2.75) is 38.6 Å². The zero-order chi connectivity index (χ0) is 13.7. The predicted octanol–water partition coefficient (Wildman–Crippen LogP) is 2.72. The monoisotopic (exact) mass is 296 g/mol. The molecule has 1 saturated heterocycles. The highest BCUT2D eigenvalue weighted by molar-refractivity contribution is 5.85.